The molecule has 0 spiro atoms. The molecule has 0 aliphatic rings. The zero-order chi connectivity index (χ0) is 8.85. The Morgan fingerprint density at radius 1 is 1.64 bits per heavy atom. The van der Waals surface area contributed by atoms with Gasteiger partial charge in [-0.25, -0.2) is 0 Å². The van der Waals surface area contributed by atoms with Crippen molar-refractivity contribution in [1.82, 2.24) is 5.32 Å². The molecule has 0 saturated carbocycles. The van der Waals surface area contributed by atoms with Crippen LogP contribution in [0.1, 0.15) is 27.2 Å². The monoisotopic (exact) mass is 265 g/mol. The van der Waals surface area contributed by atoms with Gasteiger partial charge in [-0.3, -0.25) is 0 Å². The minimum Gasteiger partial charge on any atom is -0.382 e. The van der Waals surface area contributed by atoms with E-state index in [1.165, 1.54) is 5.70 Å². The van der Waals surface area contributed by atoms with E-state index in [0.29, 0.717) is 6.04 Å². The molecule has 0 aromatic carbocycles. The molecule has 0 rings (SSSR count). The molecule has 11 heavy (non-hydrogen) atoms. The van der Waals surface area contributed by atoms with Crippen molar-refractivity contribution in [3.63, 3.8) is 0 Å². The molecular weight excluding hydrogens is 249 g/mol. The van der Waals surface area contributed by atoms with E-state index in [2.05, 4.69) is 61.3 Å². The normalized spacial score (nSPS) is 11.9. The third kappa shape index (κ3) is 5.30. The highest BCUT2D eigenvalue weighted by Crippen LogP contribution is 2.13. The van der Waals surface area contributed by atoms with Crippen molar-refractivity contribution in [1.29, 1.82) is 0 Å². The fraction of sp³-hybridized carbons (Fsp3) is 0.556. The van der Waals surface area contributed by atoms with Gasteiger partial charge >= 0.3 is 0 Å². The van der Waals surface area contributed by atoms with Gasteiger partial charge in [-0.05, 0) is 42.9 Å². The van der Waals surface area contributed by atoms with E-state index in [1.54, 1.807) is 0 Å². The predicted octanol–water partition coefficient (Wildman–Crippen LogP) is 3.23. The third-order valence-corrected chi connectivity index (χ3v) is 1.73. The molecule has 0 amide bonds. The second-order valence-corrected chi connectivity index (χ2v) is 4.03. The second-order valence-electron chi connectivity index (χ2n) is 2.73. The molecule has 0 heterocycles. The molecule has 0 aliphatic heterocycles. The zero-order valence-electron chi connectivity index (χ0n) is 7.45. The number of nitrogens with one attached hydrogen (secondary N) is 1. The minimum absolute atomic E-state index is 0.485. The maximum absolute atomic E-state index is 3.88. The fourth-order valence-corrected chi connectivity index (χ4v) is 1.14. The summed E-state index contributed by atoms with van der Waals surface area (Å²) in [5, 5.41) is 3.33. The van der Waals surface area contributed by atoms with Gasteiger partial charge in [-0.1, -0.05) is 19.6 Å². The van der Waals surface area contributed by atoms with Crippen molar-refractivity contribution >= 4 is 22.6 Å². The summed E-state index contributed by atoms with van der Waals surface area (Å²) in [5.74, 6) is 0. The molecule has 0 unspecified atom stereocenters. The maximum atomic E-state index is 3.88. The lowest BCUT2D eigenvalue weighted by molar-refractivity contribution is 0.678. The van der Waals surface area contributed by atoms with Crippen molar-refractivity contribution in [2.45, 2.75) is 33.2 Å². The Kier molecular flexibility index (Phi) is 5.64. The van der Waals surface area contributed by atoms with E-state index in [4.69, 9.17) is 0 Å². The highest BCUT2D eigenvalue weighted by atomic mass is 127. The van der Waals surface area contributed by atoms with Gasteiger partial charge in [-0.2, -0.15) is 0 Å². The van der Waals surface area contributed by atoms with Gasteiger partial charge in [-0.15, -0.1) is 0 Å². The zero-order valence-corrected chi connectivity index (χ0v) is 9.60. The van der Waals surface area contributed by atoms with Gasteiger partial charge in [0.25, 0.3) is 0 Å². The van der Waals surface area contributed by atoms with Gasteiger partial charge in [0.15, 0.2) is 0 Å². The molecular formula is C9H16IN. The molecule has 64 valence electrons. The second kappa shape index (κ2) is 5.63. The molecule has 1 N–H and O–H groups in total. The predicted molar refractivity (Wildman–Crippen MR) is 59.8 cm³/mol. The number of hydrogen-bond acceptors (Lipinski definition) is 1. The maximum Gasteiger partial charge on any atom is 0.0431 e. The van der Waals surface area contributed by atoms with Crippen LogP contribution in [0.3, 0.4) is 0 Å². The first-order valence-electron chi connectivity index (χ1n) is 3.89. The number of allylic oxidation sites excluding steroid dienone is 2. The van der Waals surface area contributed by atoms with E-state index in [9.17, 15) is 0 Å². The smallest absolute Gasteiger partial charge is 0.0431 e. The Morgan fingerprint density at radius 2 is 2.18 bits per heavy atom. The lowest BCUT2D eigenvalue weighted by Crippen LogP contribution is -2.21. The van der Waals surface area contributed by atoms with Crippen molar-refractivity contribution in [2.75, 3.05) is 0 Å². The van der Waals surface area contributed by atoms with E-state index in [-0.39, 0.29) is 0 Å². The first-order chi connectivity index (χ1) is 5.07. The van der Waals surface area contributed by atoms with E-state index < -0.39 is 0 Å². The SMILES string of the molecule is C=C(I)/C(=C\CC)NC(C)C. The molecule has 0 atom stereocenters. The number of hydrogen-bond donors (Lipinski definition) is 1. The Bertz CT molecular complexity index is 159. The van der Waals surface area contributed by atoms with Gasteiger partial charge in [0.1, 0.15) is 0 Å². The fourth-order valence-electron chi connectivity index (χ4n) is 0.763. The van der Waals surface area contributed by atoms with E-state index in [0.717, 1.165) is 10.0 Å². The van der Waals surface area contributed by atoms with E-state index in [1.807, 2.05) is 0 Å². The molecule has 0 aromatic heterocycles. The van der Waals surface area contributed by atoms with E-state index >= 15 is 0 Å². The largest absolute Gasteiger partial charge is 0.382 e. The average molecular weight is 265 g/mol. The van der Waals surface area contributed by atoms with Gasteiger partial charge in [0, 0.05) is 15.3 Å². The summed E-state index contributed by atoms with van der Waals surface area (Å²) in [6.07, 6.45) is 3.21. The summed E-state index contributed by atoms with van der Waals surface area (Å²) in [6, 6.07) is 0.485. The molecule has 0 fully saturated rings. The van der Waals surface area contributed by atoms with Crippen LogP contribution in [0.15, 0.2) is 21.9 Å². The standard InChI is InChI=1S/C9H16IN/c1-5-6-9(8(4)10)11-7(2)3/h6-7,11H,4-5H2,1-3H3/b9-6+. The lowest BCUT2D eigenvalue weighted by Gasteiger charge is -2.12. The van der Waals surface area contributed by atoms with Crippen molar-refractivity contribution in [3.05, 3.63) is 21.9 Å². The van der Waals surface area contributed by atoms with Crippen LogP contribution >= 0.6 is 22.6 Å². The van der Waals surface area contributed by atoms with Crippen LogP contribution in [0.25, 0.3) is 0 Å². The molecule has 0 bridgehead atoms. The van der Waals surface area contributed by atoms with Crippen molar-refractivity contribution in [3.8, 4) is 0 Å². The first-order valence-corrected chi connectivity index (χ1v) is 4.97. The Balaban J connectivity index is 4.12. The summed E-state index contributed by atoms with van der Waals surface area (Å²) in [7, 11) is 0. The van der Waals surface area contributed by atoms with Crippen LogP contribution in [-0.2, 0) is 0 Å². The van der Waals surface area contributed by atoms with Crippen LogP contribution < -0.4 is 5.32 Å². The molecule has 1 nitrogen and oxygen atoms in total. The Morgan fingerprint density at radius 3 is 2.45 bits per heavy atom. The molecule has 0 radical (unpaired) electrons. The Labute approximate surface area is 83.1 Å². The van der Waals surface area contributed by atoms with Crippen LogP contribution in [0.4, 0.5) is 0 Å². The van der Waals surface area contributed by atoms with Crippen LogP contribution in [0, 0.1) is 0 Å². The van der Waals surface area contributed by atoms with Crippen molar-refractivity contribution < 1.29 is 0 Å². The first kappa shape index (κ1) is 11.0. The highest BCUT2D eigenvalue weighted by molar-refractivity contribution is 14.1. The third-order valence-electron chi connectivity index (χ3n) is 1.14. The molecule has 0 aromatic rings. The quantitative estimate of drug-likeness (QED) is 0.608. The van der Waals surface area contributed by atoms with Crippen LogP contribution in [0.5, 0.6) is 0 Å². The lowest BCUT2D eigenvalue weighted by atomic mass is 10.3. The molecule has 0 saturated heterocycles. The van der Waals surface area contributed by atoms with Gasteiger partial charge < -0.3 is 5.32 Å². The molecule has 0 aliphatic carbocycles. The number of rotatable bonds is 4. The summed E-state index contributed by atoms with van der Waals surface area (Å²) < 4.78 is 1.08. The average Bonchev–Trinajstić information content (AvgIpc) is 1.86. The summed E-state index contributed by atoms with van der Waals surface area (Å²) >= 11 is 2.24. The minimum atomic E-state index is 0.485. The summed E-state index contributed by atoms with van der Waals surface area (Å²) in [4.78, 5) is 0. The topological polar surface area (TPSA) is 12.0 Å². The number of halogens is 1. The Hall–Kier alpha value is 0.01000. The summed E-state index contributed by atoms with van der Waals surface area (Å²) in [6.45, 7) is 10.3. The van der Waals surface area contributed by atoms with Crippen LogP contribution in [0.2, 0.25) is 0 Å². The highest BCUT2D eigenvalue weighted by Gasteiger charge is 1.99. The molecule has 2 heteroatoms. The summed E-state index contributed by atoms with van der Waals surface area (Å²) in [5.41, 5.74) is 1.17. The van der Waals surface area contributed by atoms with Gasteiger partial charge in [0.2, 0.25) is 0 Å². The van der Waals surface area contributed by atoms with Crippen molar-refractivity contribution in [2.24, 2.45) is 0 Å². The van der Waals surface area contributed by atoms with Gasteiger partial charge in [0.05, 0.1) is 0 Å². The van der Waals surface area contributed by atoms with Crippen LogP contribution in [-0.4, -0.2) is 6.04 Å².